The van der Waals surface area contributed by atoms with Gasteiger partial charge >= 0.3 is 11.7 Å². The number of carbonyl (C=O) groups excluding carboxylic acids is 1. The monoisotopic (exact) mass is 325 g/mol. The van der Waals surface area contributed by atoms with Crippen LogP contribution in [0.15, 0.2) is 18.2 Å². The standard InChI is InChI=1S/C16H20FNO5/c1-2-22-16(19)13(9-11-3-4-11)12-5-6-14(18(20)21)15(10-12)23-8-7-17/h5-6,10-11,13H,2-4,7-9H2,1H3. The molecule has 7 heteroatoms. The van der Waals surface area contributed by atoms with E-state index >= 15 is 0 Å². The van der Waals surface area contributed by atoms with Crippen LogP contribution in [-0.4, -0.2) is 30.8 Å². The summed E-state index contributed by atoms with van der Waals surface area (Å²) in [5.41, 5.74) is 0.367. The van der Waals surface area contributed by atoms with Gasteiger partial charge in [-0.1, -0.05) is 18.9 Å². The number of halogens is 1. The predicted molar refractivity (Wildman–Crippen MR) is 81.3 cm³/mol. The van der Waals surface area contributed by atoms with Crippen LogP contribution in [0.1, 0.15) is 37.7 Å². The molecular formula is C16H20FNO5. The van der Waals surface area contributed by atoms with Crippen molar-refractivity contribution < 1.29 is 23.6 Å². The third-order valence-corrected chi connectivity index (χ3v) is 3.75. The highest BCUT2D eigenvalue weighted by Crippen LogP contribution is 2.40. The maximum atomic E-state index is 12.3. The summed E-state index contributed by atoms with van der Waals surface area (Å²) in [5.74, 6) is -0.356. The molecule has 0 bridgehead atoms. The van der Waals surface area contributed by atoms with Gasteiger partial charge < -0.3 is 9.47 Å². The molecule has 0 heterocycles. The number of benzene rings is 1. The number of nitro groups is 1. The number of esters is 1. The summed E-state index contributed by atoms with van der Waals surface area (Å²) >= 11 is 0. The van der Waals surface area contributed by atoms with Crippen molar-refractivity contribution in [1.29, 1.82) is 0 Å². The first-order chi connectivity index (χ1) is 11.1. The van der Waals surface area contributed by atoms with E-state index in [0.717, 1.165) is 12.8 Å². The lowest BCUT2D eigenvalue weighted by atomic mass is 9.93. The summed E-state index contributed by atoms with van der Waals surface area (Å²) in [7, 11) is 0. The van der Waals surface area contributed by atoms with E-state index < -0.39 is 17.5 Å². The van der Waals surface area contributed by atoms with E-state index in [0.29, 0.717) is 17.9 Å². The van der Waals surface area contributed by atoms with Crippen molar-refractivity contribution in [3.63, 3.8) is 0 Å². The van der Waals surface area contributed by atoms with Crippen LogP contribution in [0, 0.1) is 16.0 Å². The number of hydrogen-bond acceptors (Lipinski definition) is 5. The lowest BCUT2D eigenvalue weighted by Crippen LogP contribution is -2.17. The van der Waals surface area contributed by atoms with E-state index in [-0.39, 0.29) is 30.6 Å². The molecule has 126 valence electrons. The lowest BCUT2D eigenvalue weighted by Gasteiger charge is -2.16. The normalized spacial score (nSPS) is 15.0. The van der Waals surface area contributed by atoms with Gasteiger partial charge in [0, 0.05) is 6.07 Å². The Hall–Kier alpha value is -2.18. The predicted octanol–water partition coefficient (Wildman–Crippen LogP) is 3.39. The lowest BCUT2D eigenvalue weighted by molar-refractivity contribution is -0.385. The van der Waals surface area contributed by atoms with Gasteiger partial charge in [0.1, 0.15) is 13.3 Å². The molecule has 1 atom stereocenters. The molecule has 0 saturated heterocycles. The molecule has 1 saturated carbocycles. The molecule has 1 aliphatic carbocycles. The SMILES string of the molecule is CCOC(=O)C(CC1CC1)c1ccc([N+](=O)[O-])c(OCCF)c1. The van der Waals surface area contributed by atoms with Crippen LogP contribution in [0.2, 0.25) is 0 Å². The van der Waals surface area contributed by atoms with Gasteiger partial charge in [-0.15, -0.1) is 0 Å². The Morgan fingerprint density at radius 3 is 2.78 bits per heavy atom. The zero-order chi connectivity index (χ0) is 16.8. The Morgan fingerprint density at radius 1 is 1.48 bits per heavy atom. The maximum absolute atomic E-state index is 12.3. The third-order valence-electron chi connectivity index (χ3n) is 3.75. The average Bonchev–Trinajstić information content (AvgIpc) is 3.34. The minimum Gasteiger partial charge on any atom is -0.484 e. The molecule has 6 nitrogen and oxygen atoms in total. The van der Waals surface area contributed by atoms with Gasteiger partial charge in [-0.05, 0) is 30.9 Å². The largest absolute Gasteiger partial charge is 0.484 e. The molecule has 0 N–H and O–H groups in total. The Labute approximate surface area is 133 Å². The van der Waals surface area contributed by atoms with Crippen molar-refractivity contribution in [2.45, 2.75) is 32.1 Å². The van der Waals surface area contributed by atoms with Crippen LogP contribution in [-0.2, 0) is 9.53 Å². The van der Waals surface area contributed by atoms with E-state index in [1.54, 1.807) is 13.0 Å². The molecule has 1 aromatic carbocycles. The number of ether oxygens (including phenoxy) is 2. The van der Waals surface area contributed by atoms with Crippen LogP contribution in [0.4, 0.5) is 10.1 Å². The van der Waals surface area contributed by atoms with Crippen molar-refractivity contribution in [3.05, 3.63) is 33.9 Å². The van der Waals surface area contributed by atoms with E-state index in [4.69, 9.17) is 9.47 Å². The maximum Gasteiger partial charge on any atom is 0.313 e. The second-order valence-electron chi connectivity index (χ2n) is 5.51. The van der Waals surface area contributed by atoms with Gasteiger partial charge in [0.25, 0.3) is 0 Å². The summed E-state index contributed by atoms with van der Waals surface area (Å²) in [4.78, 5) is 22.6. The first-order valence-corrected chi connectivity index (χ1v) is 7.70. The highest BCUT2D eigenvalue weighted by Gasteiger charge is 2.32. The third kappa shape index (κ3) is 4.64. The fourth-order valence-corrected chi connectivity index (χ4v) is 2.46. The quantitative estimate of drug-likeness (QED) is 0.395. The zero-order valence-electron chi connectivity index (χ0n) is 13.0. The van der Waals surface area contributed by atoms with Crippen molar-refractivity contribution in [3.8, 4) is 5.75 Å². The second kappa shape index (κ2) is 7.89. The Morgan fingerprint density at radius 2 is 2.22 bits per heavy atom. The highest BCUT2D eigenvalue weighted by atomic mass is 19.1. The minimum atomic E-state index is -0.745. The van der Waals surface area contributed by atoms with Gasteiger partial charge in [-0.25, -0.2) is 4.39 Å². The van der Waals surface area contributed by atoms with Crippen LogP contribution in [0.3, 0.4) is 0 Å². The van der Waals surface area contributed by atoms with E-state index in [1.807, 2.05) is 0 Å². The molecule has 1 aromatic rings. The van der Waals surface area contributed by atoms with Gasteiger partial charge in [-0.2, -0.15) is 0 Å². The van der Waals surface area contributed by atoms with Gasteiger partial charge in [0.15, 0.2) is 5.75 Å². The number of carbonyl (C=O) groups is 1. The minimum absolute atomic E-state index is 0.0183. The number of alkyl halides is 1. The Kier molecular flexibility index (Phi) is 5.90. The Bertz CT molecular complexity index is 574. The van der Waals surface area contributed by atoms with E-state index in [2.05, 4.69) is 0 Å². The summed E-state index contributed by atoms with van der Waals surface area (Å²) in [6, 6.07) is 4.30. The topological polar surface area (TPSA) is 78.7 Å². The van der Waals surface area contributed by atoms with Crippen molar-refractivity contribution in [2.75, 3.05) is 19.9 Å². The molecular weight excluding hydrogens is 305 g/mol. The zero-order valence-corrected chi connectivity index (χ0v) is 13.0. The van der Waals surface area contributed by atoms with Crippen LogP contribution >= 0.6 is 0 Å². The molecule has 0 aliphatic heterocycles. The number of nitro benzene ring substituents is 1. The summed E-state index contributed by atoms with van der Waals surface area (Å²) in [6.07, 6.45) is 2.81. The van der Waals surface area contributed by atoms with Crippen LogP contribution < -0.4 is 4.74 Å². The van der Waals surface area contributed by atoms with Crippen molar-refractivity contribution in [2.24, 2.45) is 5.92 Å². The van der Waals surface area contributed by atoms with Crippen molar-refractivity contribution in [1.82, 2.24) is 0 Å². The Balaban J connectivity index is 2.29. The summed E-state index contributed by atoms with van der Waals surface area (Å²) in [6.45, 7) is 0.998. The second-order valence-corrected chi connectivity index (χ2v) is 5.51. The molecule has 0 radical (unpaired) electrons. The molecule has 0 spiro atoms. The fourth-order valence-electron chi connectivity index (χ4n) is 2.46. The number of nitrogens with zero attached hydrogens (tertiary/aromatic N) is 1. The average molecular weight is 325 g/mol. The summed E-state index contributed by atoms with van der Waals surface area (Å²) in [5, 5.41) is 11.0. The first kappa shape index (κ1) is 17.2. The molecule has 1 unspecified atom stereocenters. The van der Waals surface area contributed by atoms with E-state index in [9.17, 15) is 19.3 Å². The van der Waals surface area contributed by atoms with Crippen LogP contribution in [0.25, 0.3) is 0 Å². The molecule has 0 aromatic heterocycles. The fraction of sp³-hybridized carbons (Fsp3) is 0.562. The smallest absolute Gasteiger partial charge is 0.313 e. The molecule has 1 aliphatic rings. The highest BCUT2D eigenvalue weighted by molar-refractivity contribution is 5.78. The van der Waals surface area contributed by atoms with Crippen molar-refractivity contribution >= 4 is 11.7 Å². The summed E-state index contributed by atoms with van der Waals surface area (Å²) < 4.78 is 22.6. The van der Waals surface area contributed by atoms with E-state index in [1.165, 1.54) is 12.1 Å². The van der Waals surface area contributed by atoms with Gasteiger partial charge in [0.05, 0.1) is 17.4 Å². The van der Waals surface area contributed by atoms with Gasteiger partial charge in [0.2, 0.25) is 0 Å². The van der Waals surface area contributed by atoms with Gasteiger partial charge in [-0.3, -0.25) is 14.9 Å². The number of hydrogen-bond donors (Lipinski definition) is 0. The molecule has 2 rings (SSSR count). The molecule has 0 amide bonds. The molecule has 23 heavy (non-hydrogen) atoms. The molecule has 1 fully saturated rings. The first-order valence-electron chi connectivity index (χ1n) is 7.70. The number of rotatable bonds is 9. The van der Waals surface area contributed by atoms with Crippen LogP contribution in [0.5, 0.6) is 5.75 Å².